The molecule has 30 heavy (non-hydrogen) atoms. The fourth-order valence-corrected chi connectivity index (χ4v) is 7.44. The molecule has 0 bridgehead atoms. The maximum Gasteiger partial charge on any atom is 0.240 e. The molecule has 0 saturated carbocycles. The maximum absolute atomic E-state index is 12.2. The Labute approximate surface area is 178 Å². The van der Waals surface area contributed by atoms with Crippen molar-refractivity contribution in [2.45, 2.75) is 33.0 Å². The van der Waals surface area contributed by atoms with Crippen LogP contribution in [-0.2, 0) is 4.79 Å². The zero-order chi connectivity index (χ0) is 21.6. The second-order valence-corrected chi connectivity index (χ2v) is 13.0. The number of fused-ring (bicyclic) bond motifs is 2. The SMILES string of the molecule is Cc1ccccc1C1=C2C=CC(=[NH2+])C=C2[Si](C)(C)c2cc(NC(=O)[C@H](C)N)ccc21. The highest BCUT2D eigenvalue weighted by molar-refractivity contribution is 6.98. The van der Waals surface area contributed by atoms with Crippen molar-refractivity contribution in [3.63, 3.8) is 0 Å². The predicted molar refractivity (Wildman–Crippen MR) is 127 cm³/mol. The van der Waals surface area contributed by atoms with Crippen molar-refractivity contribution in [2.75, 3.05) is 5.32 Å². The highest BCUT2D eigenvalue weighted by Gasteiger charge is 2.40. The molecular weight excluding hydrogens is 386 g/mol. The molecule has 1 aliphatic carbocycles. The van der Waals surface area contributed by atoms with Crippen LogP contribution < -0.4 is 21.6 Å². The first-order valence-electron chi connectivity index (χ1n) is 10.2. The van der Waals surface area contributed by atoms with Gasteiger partial charge in [-0.15, -0.1) is 0 Å². The molecule has 1 atom stereocenters. The van der Waals surface area contributed by atoms with Gasteiger partial charge in [-0.1, -0.05) is 43.4 Å². The second-order valence-electron chi connectivity index (χ2n) is 8.66. The number of hydrogen-bond acceptors (Lipinski definition) is 2. The predicted octanol–water partition coefficient (Wildman–Crippen LogP) is 2.25. The van der Waals surface area contributed by atoms with Crippen LogP contribution in [0.4, 0.5) is 5.69 Å². The second kappa shape index (κ2) is 7.34. The summed E-state index contributed by atoms with van der Waals surface area (Å²) in [7, 11) is -2.05. The zero-order valence-corrected chi connectivity index (χ0v) is 18.9. The lowest BCUT2D eigenvalue weighted by atomic mass is 9.87. The van der Waals surface area contributed by atoms with Crippen molar-refractivity contribution in [3.05, 3.63) is 88.2 Å². The summed E-state index contributed by atoms with van der Waals surface area (Å²) < 4.78 is 0. The van der Waals surface area contributed by atoms with Gasteiger partial charge in [0, 0.05) is 17.8 Å². The zero-order valence-electron chi connectivity index (χ0n) is 17.9. The Morgan fingerprint density at radius 1 is 1.10 bits per heavy atom. The van der Waals surface area contributed by atoms with Crippen molar-refractivity contribution in [1.82, 2.24) is 0 Å². The first-order valence-corrected chi connectivity index (χ1v) is 13.2. The normalized spacial score (nSPS) is 17.8. The van der Waals surface area contributed by atoms with E-state index in [4.69, 9.17) is 11.1 Å². The Bertz CT molecular complexity index is 1170. The summed E-state index contributed by atoms with van der Waals surface area (Å²) in [6.07, 6.45) is 6.29. The average Bonchev–Trinajstić information content (AvgIpc) is 2.70. The molecule has 0 radical (unpaired) electrons. The number of nitrogens with two attached hydrogens (primary N) is 2. The van der Waals surface area contributed by atoms with Crippen LogP contribution in [0.1, 0.15) is 23.6 Å². The molecule has 0 saturated heterocycles. The summed E-state index contributed by atoms with van der Waals surface area (Å²) in [5.41, 5.74) is 13.5. The van der Waals surface area contributed by atoms with E-state index in [0.717, 1.165) is 11.4 Å². The van der Waals surface area contributed by atoms with E-state index in [1.165, 1.54) is 38.2 Å². The van der Waals surface area contributed by atoms with Crippen LogP contribution in [0, 0.1) is 6.92 Å². The molecule has 1 aliphatic heterocycles. The van der Waals surface area contributed by atoms with Crippen molar-refractivity contribution >= 4 is 36.1 Å². The lowest BCUT2D eigenvalue weighted by Crippen LogP contribution is -2.51. The molecule has 2 aliphatic rings. The number of hydrogen-bond donors (Lipinski definition) is 3. The van der Waals surface area contributed by atoms with E-state index in [-0.39, 0.29) is 5.91 Å². The molecule has 0 fully saturated rings. The molecule has 1 heterocycles. The molecule has 0 aromatic heterocycles. The van der Waals surface area contributed by atoms with E-state index in [0.29, 0.717) is 0 Å². The minimum absolute atomic E-state index is 0.182. The number of carbonyl (C=O) groups is 1. The molecule has 1 amide bonds. The van der Waals surface area contributed by atoms with Gasteiger partial charge >= 0.3 is 0 Å². The van der Waals surface area contributed by atoms with E-state index in [9.17, 15) is 4.79 Å². The summed E-state index contributed by atoms with van der Waals surface area (Å²) in [5, 5.41) is 11.8. The average molecular weight is 415 g/mol. The fourth-order valence-electron chi connectivity index (χ4n) is 4.34. The molecule has 4 nitrogen and oxygen atoms in total. The van der Waals surface area contributed by atoms with Crippen molar-refractivity contribution in [2.24, 2.45) is 5.73 Å². The Kier molecular flexibility index (Phi) is 4.96. The molecule has 4 rings (SSSR count). The molecule has 2 aromatic rings. The quantitative estimate of drug-likeness (QED) is 0.674. The summed E-state index contributed by atoms with van der Waals surface area (Å²) in [6.45, 7) is 8.52. The summed E-state index contributed by atoms with van der Waals surface area (Å²) in [5.74, 6) is -0.182. The van der Waals surface area contributed by atoms with Gasteiger partial charge in [0.25, 0.3) is 0 Å². The van der Waals surface area contributed by atoms with Gasteiger partial charge in [-0.3, -0.25) is 10.2 Å². The van der Waals surface area contributed by atoms with Gasteiger partial charge in [-0.05, 0) is 70.3 Å². The molecule has 2 aromatic carbocycles. The lowest BCUT2D eigenvalue weighted by Gasteiger charge is -2.38. The van der Waals surface area contributed by atoms with Gasteiger partial charge in [-0.2, -0.15) is 0 Å². The van der Waals surface area contributed by atoms with E-state index >= 15 is 0 Å². The standard InChI is InChI=1S/C25H27N3OSi/c1-15-7-5-6-8-19(15)24-20-11-9-17(27)13-22(20)30(3,4)23-14-18(10-12-21(23)24)28-25(29)16(2)26/h5-14,16,27H,26H2,1-4H3,(H,28,29)/p+1/t16-/m0/s1. The Morgan fingerprint density at radius 3 is 2.53 bits per heavy atom. The number of carbonyl (C=O) groups excluding carboxylic acids is 1. The third-order valence-corrected chi connectivity index (χ3v) is 9.56. The summed E-state index contributed by atoms with van der Waals surface area (Å²) >= 11 is 0. The van der Waals surface area contributed by atoms with Crippen LogP contribution in [0.2, 0.25) is 13.1 Å². The van der Waals surface area contributed by atoms with Gasteiger partial charge in [0.2, 0.25) is 5.91 Å². The van der Waals surface area contributed by atoms with E-state index in [2.05, 4.69) is 73.9 Å². The van der Waals surface area contributed by atoms with Crippen LogP contribution in [0.3, 0.4) is 0 Å². The molecule has 0 spiro atoms. The molecule has 152 valence electrons. The Morgan fingerprint density at radius 2 is 1.83 bits per heavy atom. The minimum atomic E-state index is -2.05. The Balaban J connectivity index is 1.99. The number of aryl methyl sites for hydroxylation is 1. The third kappa shape index (κ3) is 3.30. The van der Waals surface area contributed by atoms with Crippen molar-refractivity contribution < 1.29 is 10.2 Å². The largest absolute Gasteiger partial charge is 0.325 e. The third-order valence-electron chi connectivity index (χ3n) is 6.04. The molecule has 5 heteroatoms. The van der Waals surface area contributed by atoms with Crippen LogP contribution >= 0.6 is 0 Å². The highest BCUT2D eigenvalue weighted by atomic mass is 28.3. The van der Waals surface area contributed by atoms with Crippen LogP contribution in [-0.4, -0.2) is 25.7 Å². The number of allylic oxidation sites excluding steroid dienone is 5. The van der Waals surface area contributed by atoms with E-state index in [1.807, 2.05) is 12.1 Å². The number of nitrogens with one attached hydrogen (secondary N) is 1. The smallest absolute Gasteiger partial charge is 0.240 e. The molecular formula is C25H28N3OSi+. The number of amides is 1. The minimum Gasteiger partial charge on any atom is -0.325 e. The van der Waals surface area contributed by atoms with Crippen LogP contribution in [0.5, 0.6) is 0 Å². The molecule has 5 N–H and O–H groups in total. The topological polar surface area (TPSA) is 80.7 Å². The first kappa shape index (κ1) is 20.3. The first-order chi connectivity index (χ1) is 14.2. The summed E-state index contributed by atoms with van der Waals surface area (Å²) in [4.78, 5) is 12.2. The van der Waals surface area contributed by atoms with Crippen molar-refractivity contribution in [3.8, 4) is 0 Å². The maximum atomic E-state index is 12.2. The van der Waals surface area contributed by atoms with E-state index < -0.39 is 14.1 Å². The van der Waals surface area contributed by atoms with Gasteiger partial charge < -0.3 is 11.1 Å². The molecule has 0 unspecified atom stereocenters. The monoisotopic (exact) mass is 414 g/mol. The van der Waals surface area contributed by atoms with E-state index in [1.54, 1.807) is 6.92 Å². The van der Waals surface area contributed by atoms with Crippen LogP contribution in [0.25, 0.3) is 5.57 Å². The van der Waals surface area contributed by atoms with Crippen molar-refractivity contribution in [1.29, 1.82) is 0 Å². The van der Waals surface area contributed by atoms with Crippen LogP contribution in [0.15, 0.2) is 71.5 Å². The summed E-state index contributed by atoms with van der Waals surface area (Å²) in [6, 6.07) is 14.2. The highest BCUT2D eigenvalue weighted by Crippen LogP contribution is 2.42. The Hall–Kier alpha value is -3.02. The number of rotatable bonds is 3. The lowest BCUT2D eigenvalue weighted by molar-refractivity contribution is -0.117. The number of benzene rings is 2. The van der Waals surface area contributed by atoms with Gasteiger partial charge in [-0.25, -0.2) is 0 Å². The fraction of sp³-hybridized carbons (Fsp3) is 0.200. The van der Waals surface area contributed by atoms with Gasteiger partial charge in [0.1, 0.15) is 8.07 Å². The number of anilines is 1. The van der Waals surface area contributed by atoms with Gasteiger partial charge in [0.15, 0.2) is 5.71 Å². The van der Waals surface area contributed by atoms with Gasteiger partial charge in [0.05, 0.1) is 6.04 Å².